The van der Waals surface area contributed by atoms with Crippen molar-refractivity contribution in [2.45, 2.75) is 12.4 Å². The lowest BCUT2D eigenvalue weighted by Crippen LogP contribution is -2.41. The summed E-state index contributed by atoms with van der Waals surface area (Å²) in [6.07, 6.45) is -7.96. The van der Waals surface area contributed by atoms with Crippen molar-refractivity contribution < 1.29 is 31.8 Å². The van der Waals surface area contributed by atoms with Crippen LogP contribution in [0.2, 0.25) is 0 Å². The topological polar surface area (TPSA) is 35.5 Å². The number of carbonyl (C=O) groups excluding carboxylic acids is 1. The summed E-state index contributed by atoms with van der Waals surface area (Å²) in [6.45, 7) is 0. The van der Waals surface area contributed by atoms with Crippen LogP contribution in [0.15, 0.2) is 42.5 Å². The van der Waals surface area contributed by atoms with Gasteiger partial charge in [-0.25, -0.2) is 4.74 Å². The molecule has 7 heteroatoms. The van der Waals surface area contributed by atoms with Gasteiger partial charge in [-0.2, -0.15) is 8.78 Å². The van der Waals surface area contributed by atoms with Crippen molar-refractivity contribution in [2.24, 2.45) is 0 Å². The van der Waals surface area contributed by atoms with Crippen LogP contribution in [-0.4, -0.2) is 12.6 Å². The van der Waals surface area contributed by atoms with Crippen LogP contribution in [0, 0.1) is 0 Å². The number of alkyl halides is 4. The van der Waals surface area contributed by atoms with E-state index in [0.717, 1.165) is 12.1 Å². The van der Waals surface area contributed by atoms with Crippen molar-refractivity contribution in [3.63, 3.8) is 0 Å². The number of hydrogen-bond acceptors (Lipinski definition) is 3. The lowest BCUT2D eigenvalue weighted by atomic mass is 10.00. The maximum Gasteiger partial charge on any atom is 0.540 e. The Labute approximate surface area is 122 Å². The highest BCUT2D eigenvalue weighted by atomic mass is 19.3. The quantitative estimate of drug-likeness (QED) is 0.616. The first-order valence-electron chi connectivity index (χ1n) is 6.16. The lowest BCUT2D eigenvalue weighted by molar-refractivity contribution is -0.461. The van der Waals surface area contributed by atoms with Gasteiger partial charge in [-0.1, -0.05) is 24.3 Å². The molecule has 0 saturated heterocycles. The molecule has 0 atom stereocenters. The Balaban J connectivity index is 2.09. The Morgan fingerprint density at radius 3 is 2.41 bits per heavy atom. The van der Waals surface area contributed by atoms with E-state index in [1.165, 1.54) is 12.1 Å². The normalized spacial score (nSPS) is 18.2. The molecule has 0 N–H and O–H groups in total. The molecule has 0 unspecified atom stereocenters. The van der Waals surface area contributed by atoms with Crippen molar-refractivity contribution in [2.75, 3.05) is 0 Å². The minimum absolute atomic E-state index is 0.319. The highest BCUT2D eigenvalue weighted by Gasteiger charge is 2.54. The minimum Gasteiger partial charge on any atom is -0.409 e. The Hall–Kier alpha value is -2.41. The second-order valence-electron chi connectivity index (χ2n) is 4.64. The van der Waals surface area contributed by atoms with Gasteiger partial charge in [0.05, 0.1) is 5.56 Å². The Kier molecular flexibility index (Phi) is 3.17. The first kappa shape index (κ1) is 14.5. The molecule has 0 bridgehead atoms. The van der Waals surface area contributed by atoms with E-state index in [-0.39, 0.29) is 0 Å². The molecule has 1 heterocycles. The van der Waals surface area contributed by atoms with Crippen molar-refractivity contribution >= 4 is 6.29 Å². The second kappa shape index (κ2) is 4.81. The van der Waals surface area contributed by atoms with E-state index < -0.39 is 23.7 Å². The summed E-state index contributed by atoms with van der Waals surface area (Å²) in [4.78, 5) is 10.8. The molecule has 3 nitrogen and oxygen atoms in total. The number of halogens is 4. The van der Waals surface area contributed by atoms with Crippen LogP contribution in [0.1, 0.15) is 15.9 Å². The molecule has 1 aliphatic rings. The molecule has 0 aliphatic carbocycles. The van der Waals surface area contributed by atoms with Gasteiger partial charge < -0.3 is 4.74 Å². The molecule has 22 heavy (non-hydrogen) atoms. The van der Waals surface area contributed by atoms with E-state index in [0.29, 0.717) is 23.0 Å². The van der Waals surface area contributed by atoms with Crippen molar-refractivity contribution in [3.8, 4) is 16.9 Å². The molecule has 0 amide bonds. The molecule has 0 spiro atoms. The first-order valence-corrected chi connectivity index (χ1v) is 6.16. The van der Waals surface area contributed by atoms with Gasteiger partial charge in [-0.3, -0.25) is 4.79 Å². The molecular weight excluding hydrogens is 304 g/mol. The molecule has 2 aromatic carbocycles. The lowest BCUT2D eigenvalue weighted by Gasteiger charge is -2.30. The second-order valence-corrected chi connectivity index (χ2v) is 4.64. The zero-order chi connectivity index (χ0) is 16.0. The SMILES string of the molecule is O=Cc1cccc(-c2ccc3c(c2)C(F)(F)OC(F)(F)O3)c1. The van der Waals surface area contributed by atoms with E-state index in [1.54, 1.807) is 18.2 Å². The van der Waals surface area contributed by atoms with Crippen LogP contribution in [0.3, 0.4) is 0 Å². The summed E-state index contributed by atoms with van der Waals surface area (Å²) in [6, 6.07) is 9.59. The highest BCUT2D eigenvalue weighted by molar-refractivity contribution is 5.79. The fraction of sp³-hybridized carbons (Fsp3) is 0.133. The molecule has 0 fully saturated rings. The molecule has 0 saturated carbocycles. The average molecular weight is 312 g/mol. The van der Waals surface area contributed by atoms with Gasteiger partial charge in [0.2, 0.25) is 0 Å². The number of carbonyl (C=O) groups is 1. The molecule has 3 rings (SSSR count). The van der Waals surface area contributed by atoms with Crippen LogP contribution < -0.4 is 4.74 Å². The number of aldehydes is 1. The number of hydrogen-bond donors (Lipinski definition) is 0. The predicted octanol–water partition coefficient (Wildman–Crippen LogP) is 4.17. The van der Waals surface area contributed by atoms with E-state index in [1.807, 2.05) is 0 Å². The standard InChI is InChI=1S/C15H8F4O3/c16-14(17)12-7-11(10-3-1-2-9(6-10)8-20)4-5-13(12)21-15(18,19)22-14/h1-8H. The molecule has 114 valence electrons. The summed E-state index contributed by atoms with van der Waals surface area (Å²) in [5.74, 6) is -0.656. The van der Waals surface area contributed by atoms with Gasteiger partial charge in [0.1, 0.15) is 12.0 Å². The number of rotatable bonds is 2. The first-order chi connectivity index (χ1) is 10.3. The third kappa shape index (κ3) is 2.55. The summed E-state index contributed by atoms with van der Waals surface area (Å²) in [5, 5.41) is 0. The maximum atomic E-state index is 13.7. The largest absolute Gasteiger partial charge is 0.540 e. The van der Waals surface area contributed by atoms with Crippen LogP contribution in [0.5, 0.6) is 5.75 Å². The number of fused-ring (bicyclic) bond motifs is 1. The van der Waals surface area contributed by atoms with Crippen molar-refractivity contribution in [3.05, 3.63) is 53.6 Å². The molecule has 0 aromatic heterocycles. The summed E-state index contributed by atoms with van der Waals surface area (Å²) in [7, 11) is 0. The number of ether oxygens (including phenoxy) is 2. The average Bonchev–Trinajstić information content (AvgIpc) is 2.45. The van der Waals surface area contributed by atoms with E-state index in [2.05, 4.69) is 9.47 Å². The van der Waals surface area contributed by atoms with Crippen LogP contribution >= 0.6 is 0 Å². The summed E-state index contributed by atoms with van der Waals surface area (Å²) < 4.78 is 60.7. The fourth-order valence-corrected chi connectivity index (χ4v) is 2.17. The Bertz CT molecular complexity index is 743. The zero-order valence-corrected chi connectivity index (χ0v) is 10.9. The molecular formula is C15H8F4O3. The summed E-state index contributed by atoms with van der Waals surface area (Å²) in [5.41, 5.74) is 0.369. The van der Waals surface area contributed by atoms with Crippen LogP contribution in [0.4, 0.5) is 17.6 Å². The smallest absolute Gasteiger partial charge is 0.409 e. The molecule has 0 radical (unpaired) electrons. The highest BCUT2D eigenvalue weighted by Crippen LogP contribution is 2.47. The van der Waals surface area contributed by atoms with Gasteiger partial charge >= 0.3 is 12.4 Å². The third-order valence-corrected chi connectivity index (χ3v) is 3.12. The van der Waals surface area contributed by atoms with Crippen LogP contribution in [-0.2, 0) is 10.8 Å². The van der Waals surface area contributed by atoms with Gasteiger partial charge in [-0.15, -0.1) is 8.78 Å². The van der Waals surface area contributed by atoms with E-state index in [9.17, 15) is 22.4 Å². The van der Waals surface area contributed by atoms with Gasteiger partial charge in [0.25, 0.3) is 0 Å². The van der Waals surface area contributed by atoms with E-state index >= 15 is 0 Å². The van der Waals surface area contributed by atoms with Crippen LogP contribution in [0.25, 0.3) is 11.1 Å². The Morgan fingerprint density at radius 2 is 1.68 bits per heavy atom. The van der Waals surface area contributed by atoms with Gasteiger partial charge in [0.15, 0.2) is 0 Å². The van der Waals surface area contributed by atoms with E-state index in [4.69, 9.17) is 0 Å². The molecule has 1 aliphatic heterocycles. The third-order valence-electron chi connectivity index (χ3n) is 3.12. The molecule has 2 aromatic rings. The maximum absolute atomic E-state index is 13.7. The van der Waals surface area contributed by atoms with Crippen molar-refractivity contribution in [1.82, 2.24) is 0 Å². The zero-order valence-electron chi connectivity index (χ0n) is 10.9. The Morgan fingerprint density at radius 1 is 0.955 bits per heavy atom. The van der Waals surface area contributed by atoms with Gasteiger partial charge in [-0.05, 0) is 29.3 Å². The minimum atomic E-state index is -4.39. The fourth-order valence-electron chi connectivity index (χ4n) is 2.17. The monoisotopic (exact) mass is 312 g/mol. The van der Waals surface area contributed by atoms with Gasteiger partial charge in [0, 0.05) is 5.56 Å². The summed E-state index contributed by atoms with van der Waals surface area (Å²) >= 11 is 0. The number of benzene rings is 2. The predicted molar refractivity (Wildman–Crippen MR) is 67.8 cm³/mol. The van der Waals surface area contributed by atoms with Crippen molar-refractivity contribution in [1.29, 1.82) is 0 Å².